The minimum absolute atomic E-state index is 0.0233. The van der Waals surface area contributed by atoms with E-state index in [9.17, 15) is 4.79 Å². The second-order valence-electron chi connectivity index (χ2n) is 11.6. The number of fused-ring (bicyclic) bond motifs is 8. The fourth-order valence-corrected chi connectivity index (χ4v) is 8.40. The van der Waals surface area contributed by atoms with Gasteiger partial charge >= 0.3 is 5.97 Å². The van der Waals surface area contributed by atoms with Crippen molar-refractivity contribution in [2.75, 3.05) is 0 Å². The van der Waals surface area contributed by atoms with E-state index < -0.39 is 5.79 Å². The first-order chi connectivity index (χ1) is 13.6. The molecule has 4 saturated carbocycles. The van der Waals surface area contributed by atoms with Crippen molar-refractivity contribution in [2.24, 2.45) is 34.5 Å². The molecule has 0 aromatic carbocycles. The molecule has 9 atom stereocenters. The minimum Gasteiger partial charge on any atom is -0.463 e. The summed E-state index contributed by atoms with van der Waals surface area (Å²) in [5.74, 6) is 1.55. The Bertz CT molecular complexity index is 728. The van der Waals surface area contributed by atoms with Crippen molar-refractivity contribution >= 4 is 5.97 Å². The lowest BCUT2D eigenvalue weighted by molar-refractivity contribution is -0.190. The number of rotatable bonds is 1. The quantitative estimate of drug-likeness (QED) is 0.443. The Morgan fingerprint density at radius 2 is 1.72 bits per heavy atom. The maximum atomic E-state index is 11.6. The predicted molar refractivity (Wildman–Crippen MR) is 111 cm³/mol. The van der Waals surface area contributed by atoms with Gasteiger partial charge in [-0.1, -0.05) is 26.0 Å². The molecule has 1 aliphatic heterocycles. The summed E-state index contributed by atoms with van der Waals surface area (Å²) in [5.41, 5.74) is 1.96. The molecular weight excluding hydrogens is 364 g/mol. The standard InChI is InChI=1S/C25H38O4/c1-14-7-8-17-20-18(10-12-24(14,17)5)25(6)11-9-16(27-15(2)26)13-19(25)21-22(20)29-23(3,4)28-21/h16-22H,1,7-13H2,2-6H3/t16-,17+,18?,19?,20?,21-,22+,24-,25+/m0/s1. The Kier molecular flexibility index (Phi) is 4.37. The summed E-state index contributed by atoms with van der Waals surface area (Å²) in [4.78, 5) is 11.6. The predicted octanol–water partition coefficient (Wildman–Crippen LogP) is 5.26. The van der Waals surface area contributed by atoms with Crippen LogP contribution in [0.5, 0.6) is 0 Å². The number of allylic oxidation sites excluding steroid dienone is 1. The van der Waals surface area contributed by atoms with Gasteiger partial charge in [-0.15, -0.1) is 0 Å². The van der Waals surface area contributed by atoms with Gasteiger partial charge in [-0.25, -0.2) is 0 Å². The average molecular weight is 403 g/mol. The number of hydrogen-bond acceptors (Lipinski definition) is 4. The van der Waals surface area contributed by atoms with Gasteiger partial charge in [-0.05, 0) is 93.3 Å². The molecule has 5 aliphatic rings. The smallest absolute Gasteiger partial charge is 0.302 e. The molecule has 0 amide bonds. The molecule has 0 radical (unpaired) electrons. The Labute approximate surface area is 175 Å². The zero-order chi connectivity index (χ0) is 20.8. The lowest BCUT2D eigenvalue weighted by Gasteiger charge is -2.63. The summed E-state index contributed by atoms with van der Waals surface area (Å²) in [5, 5.41) is 0. The molecule has 4 nitrogen and oxygen atoms in total. The average Bonchev–Trinajstić information content (AvgIpc) is 3.11. The molecule has 0 spiro atoms. The van der Waals surface area contributed by atoms with Gasteiger partial charge in [0.25, 0.3) is 0 Å². The largest absolute Gasteiger partial charge is 0.463 e. The normalized spacial score (nSPS) is 52.9. The Hall–Kier alpha value is -0.870. The van der Waals surface area contributed by atoms with E-state index in [4.69, 9.17) is 14.2 Å². The van der Waals surface area contributed by atoms with Crippen LogP contribution in [0.2, 0.25) is 0 Å². The Balaban J connectivity index is 1.53. The molecule has 0 N–H and O–H groups in total. The van der Waals surface area contributed by atoms with Crippen LogP contribution in [-0.2, 0) is 19.0 Å². The third-order valence-electron chi connectivity index (χ3n) is 9.78. The van der Waals surface area contributed by atoms with Crippen LogP contribution in [0.1, 0.15) is 79.6 Å². The second kappa shape index (κ2) is 6.32. The van der Waals surface area contributed by atoms with Crippen molar-refractivity contribution < 1.29 is 19.0 Å². The van der Waals surface area contributed by atoms with Crippen molar-refractivity contribution in [3.63, 3.8) is 0 Å². The first-order valence-electron chi connectivity index (χ1n) is 11.8. The van der Waals surface area contributed by atoms with E-state index in [0.717, 1.165) is 19.3 Å². The van der Waals surface area contributed by atoms with Crippen LogP contribution < -0.4 is 0 Å². The minimum atomic E-state index is -0.539. The molecule has 0 bridgehead atoms. The van der Waals surface area contributed by atoms with Gasteiger partial charge in [0.05, 0.1) is 12.2 Å². The van der Waals surface area contributed by atoms with Crippen molar-refractivity contribution in [3.8, 4) is 0 Å². The van der Waals surface area contributed by atoms with E-state index in [1.165, 1.54) is 38.2 Å². The van der Waals surface area contributed by atoms with Gasteiger partial charge in [0.2, 0.25) is 0 Å². The van der Waals surface area contributed by atoms with Crippen molar-refractivity contribution in [1.29, 1.82) is 0 Å². The van der Waals surface area contributed by atoms with Crippen LogP contribution in [0.3, 0.4) is 0 Å². The lowest BCUT2D eigenvalue weighted by atomic mass is 9.43. The Morgan fingerprint density at radius 1 is 1.00 bits per heavy atom. The van der Waals surface area contributed by atoms with Crippen LogP contribution >= 0.6 is 0 Å². The SMILES string of the molecule is C=C1CC[C@@H]2C3C(CC[C@@]12C)[C@@]1(C)CC[C@H](OC(C)=O)CC1[C@@H]1OC(C)(C)O[C@H]31. The highest BCUT2D eigenvalue weighted by atomic mass is 16.8. The van der Waals surface area contributed by atoms with Gasteiger partial charge in [0.1, 0.15) is 6.10 Å². The van der Waals surface area contributed by atoms with Crippen LogP contribution in [0, 0.1) is 34.5 Å². The summed E-state index contributed by atoms with van der Waals surface area (Å²) in [6.45, 7) is 15.1. The highest BCUT2D eigenvalue weighted by Crippen LogP contribution is 2.69. The molecule has 3 unspecified atom stereocenters. The fraction of sp³-hybridized carbons (Fsp3) is 0.880. The first-order valence-corrected chi connectivity index (χ1v) is 11.8. The third kappa shape index (κ3) is 2.81. The van der Waals surface area contributed by atoms with Gasteiger partial charge in [-0.2, -0.15) is 0 Å². The number of carbonyl (C=O) groups is 1. The monoisotopic (exact) mass is 402 g/mol. The molecular formula is C25H38O4. The number of ether oxygens (including phenoxy) is 3. The van der Waals surface area contributed by atoms with E-state index in [1.54, 1.807) is 0 Å². The van der Waals surface area contributed by atoms with Gasteiger partial charge in [0, 0.05) is 6.92 Å². The molecule has 1 saturated heterocycles. The second-order valence-corrected chi connectivity index (χ2v) is 11.6. The lowest BCUT2D eigenvalue weighted by Crippen LogP contribution is -2.63. The third-order valence-corrected chi connectivity index (χ3v) is 9.78. The zero-order valence-electron chi connectivity index (χ0n) is 18.8. The van der Waals surface area contributed by atoms with E-state index in [1.807, 2.05) is 0 Å². The van der Waals surface area contributed by atoms with Crippen LogP contribution in [-0.4, -0.2) is 30.1 Å². The molecule has 4 heteroatoms. The summed E-state index contributed by atoms with van der Waals surface area (Å²) in [6, 6.07) is 0. The maximum absolute atomic E-state index is 11.6. The molecule has 5 fully saturated rings. The number of carbonyl (C=O) groups excluding carboxylic acids is 1. The summed E-state index contributed by atoms with van der Waals surface area (Å²) in [7, 11) is 0. The van der Waals surface area contributed by atoms with Gasteiger partial charge in [0.15, 0.2) is 5.79 Å². The summed E-state index contributed by atoms with van der Waals surface area (Å²) < 4.78 is 18.9. The van der Waals surface area contributed by atoms with Crippen LogP contribution in [0.25, 0.3) is 0 Å². The van der Waals surface area contributed by atoms with E-state index in [2.05, 4.69) is 34.3 Å². The first kappa shape index (κ1) is 20.1. The topological polar surface area (TPSA) is 44.8 Å². The molecule has 0 aromatic heterocycles. The number of esters is 1. The molecule has 5 rings (SSSR count). The number of hydrogen-bond donors (Lipinski definition) is 0. The molecule has 1 heterocycles. The summed E-state index contributed by atoms with van der Waals surface area (Å²) in [6.07, 6.45) is 8.22. The van der Waals surface area contributed by atoms with Gasteiger partial charge < -0.3 is 14.2 Å². The van der Waals surface area contributed by atoms with Crippen molar-refractivity contribution in [2.45, 2.75) is 104 Å². The van der Waals surface area contributed by atoms with E-state index in [-0.39, 0.29) is 35.1 Å². The van der Waals surface area contributed by atoms with Gasteiger partial charge in [-0.3, -0.25) is 4.79 Å². The highest BCUT2D eigenvalue weighted by molar-refractivity contribution is 5.66. The highest BCUT2D eigenvalue weighted by Gasteiger charge is 2.68. The zero-order valence-corrected chi connectivity index (χ0v) is 18.8. The molecule has 29 heavy (non-hydrogen) atoms. The van der Waals surface area contributed by atoms with E-state index in [0.29, 0.717) is 23.7 Å². The van der Waals surface area contributed by atoms with E-state index >= 15 is 0 Å². The molecule has 162 valence electrons. The molecule has 0 aromatic rings. The van der Waals surface area contributed by atoms with Crippen molar-refractivity contribution in [1.82, 2.24) is 0 Å². The van der Waals surface area contributed by atoms with Crippen molar-refractivity contribution in [3.05, 3.63) is 12.2 Å². The summed E-state index contributed by atoms with van der Waals surface area (Å²) >= 11 is 0. The Morgan fingerprint density at radius 3 is 2.45 bits per heavy atom. The fourth-order valence-electron chi connectivity index (χ4n) is 8.40. The van der Waals surface area contributed by atoms with Crippen LogP contribution in [0.4, 0.5) is 0 Å². The maximum Gasteiger partial charge on any atom is 0.302 e. The molecule has 4 aliphatic carbocycles. The van der Waals surface area contributed by atoms with Crippen LogP contribution in [0.15, 0.2) is 12.2 Å².